The number of Topliss-reactive ketones (excluding diaryl/α,β-unsaturated/α-hetero) is 3. The van der Waals surface area contributed by atoms with Crippen LogP contribution in [0.25, 0.3) is 0 Å². The van der Waals surface area contributed by atoms with Gasteiger partial charge < -0.3 is 10.2 Å². The summed E-state index contributed by atoms with van der Waals surface area (Å²) in [5, 5.41) is 21.6. The summed E-state index contributed by atoms with van der Waals surface area (Å²) in [4.78, 5) is 37.9. The van der Waals surface area contributed by atoms with Crippen molar-refractivity contribution in [3.63, 3.8) is 0 Å². The number of hydrogen-bond donors (Lipinski definition) is 2. The van der Waals surface area contributed by atoms with E-state index in [4.69, 9.17) is 0 Å². The lowest BCUT2D eigenvalue weighted by molar-refractivity contribution is -0.145. The van der Waals surface area contributed by atoms with Gasteiger partial charge in [0, 0.05) is 12.3 Å². The molecule has 0 saturated heterocycles. The van der Waals surface area contributed by atoms with Gasteiger partial charge in [0.05, 0.1) is 5.92 Å². The van der Waals surface area contributed by atoms with E-state index in [9.17, 15) is 24.6 Å². The number of ketones is 3. The fraction of sp³-hybridized carbons (Fsp3) is 0.750. The summed E-state index contributed by atoms with van der Waals surface area (Å²) in [6.45, 7) is 11.1. The average Bonchev–Trinajstić information content (AvgIpc) is 2.69. The maximum absolute atomic E-state index is 12.8. The third-order valence-corrected chi connectivity index (χ3v) is 4.84. The molecule has 2 atom stereocenters. The Hall–Kier alpha value is -1.49. The number of hydrogen-bond acceptors (Lipinski definition) is 5. The van der Waals surface area contributed by atoms with Gasteiger partial charge in [0.1, 0.15) is 11.3 Å². The van der Waals surface area contributed by atoms with E-state index in [0.29, 0.717) is 12.8 Å². The van der Waals surface area contributed by atoms with E-state index in [0.717, 1.165) is 0 Å². The van der Waals surface area contributed by atoms with Gasteiger partial charge in [-0.2, -0.15) is 0 Å². The summed E-state index contributed by atoms with van der Waals surface area (Å²) in [7, 11) is 0. The third kappa shape index (κ3) is 4.38. The van der Waals surface area contributed by atoms with E-state index in [2.05, 4.69) is 0 Å². The van der Waals surface area contributed by atoms with Gasteiger partial charge >= 0.3 is 0 Å². The van der Waals surface area contributed by atoms with Crippen LogP contribution in [0.3, 0.4) is 0 Å². The zero-order chi connectivity index (χ0) is 19.5. The Labute approximate surface area is 150 Å². The molecule has 0 fully saturated rings. The molecule has 142 valence electrons. The zero-order valence-electron chi connectivity index (χ0n) is 16.3. The summed E-state index contributed by atoms with van der Waals surface area (Å²) < 4.78 is 0. The average molecular weight is 352 g/mol. The van der Waals surface area contributed by atoms with Crippen LogP contribution < -0.4 is 0 Å². The predicted molar refractivity (Wildman–Crippen MR) is 96.1 cm³/mol. The first-order valence-electron chi connectivity index (χ1n) is 9.22. The number of carbonyl (C=O) groups excluding carboxylic acids is 3. The molecule has 5 nitrogen and oxygen atoms in total. The van der Waals surface area contributed by atoms with Crippen molar-refractivity contribution in [1.29, 1.82) is 0 Å². The molecule has 1 rings (SSSR count). The molecule has 0 heterocycles. The SMILES string of the molecule is CC(C)CCC(=O)[C@]1(O)C(O)=C(C(=O)C(C)C)C(=O)[C@H]1CCC(C)C. The van der Waals surface area contributed by atoms with Crippen LogP contribution in [0, 0.1) is 23.7 Å². The topological polar surface area (TPSA) is 91.7 Å². The zero-order valence-corrected chi connectivity index (χ0v) is 16.3. The second-order valence-electron chi connectivity index (χ2n) is 8.25. The summed E-state index contributed by atoms with van der Waals surface area (Å²) in [6, 6.07) is 0. The normalized spacial score (nSPS) is 24.1. The van der Waals surface area contributed by atoms with Crippen LogP contribution in [0.1, 0.15) is 67.2 Å². The summed E-state index contributed by atoms with van der Waals surface area (Å²) in [6.07, 6.45) is 1.49. The minimum Gasteiger partial charge on any atom is -0.508 e. The number of carbonyl (C=O) groups is 3. The minimum absolute atomic E-state index is 0.0623. The summed E-state index contributed by atoms with van der Waals surface area (Å²) in [5.74, 6) is -3.49. The molecule has 25 heavy (non-hydrogen) atoms. The maximum Gasteiger partial charge on any atom is 0.190 e. The Kier molecular flexibility index (Phi) is 7.12. The molecular formula is C20H32O5. The van der Waals surface area contributed by atoms with E-state index in [1.165, 1.54) is 0 Å². The molecule has 0 spiro atoms. The van der Waals surface area contributed by atoms with Crippen molar-refractivity contribution < 1.29 is 24.6 Å². The smallest absolute Gasteiger partial charge is 0.190 e. The molecule has 0 unspecified atom stereocenters. The van der Waals surface area contributed by atoms with Crippen LogP contribution in [-0.4, -0.2) is 33.2 Å². The van der Waals surface area contributed by atoms with Gasteiger partial charge in [0.15, 0.2) is 23.0 Å². The molecule has 0 radical (unpaired) electrons. The maximum atomic E-state index is 12.8. The second kappa shape index (κ2) is 8.26. The van der Waals surface area contributed by atoms with Crippen LogP contribution in [0.2, 0.25) is 0 Å². The van der Waals surface area contributed by atoms with Crippen molar-refractivity contribution in [1.82, 2.24) is 0 Å². The molecule has 0 aliphatic heterocycles. The standard InChI is InChI=1S/C20H32O5/c1-11(2)7-9-14-18(23)16(17(22)13(5)6)19(24)20(14,25)15(21)10-8-12(3)4/h11-14,24-25H,7-10H2,1-6H3/t14-,20+/m1/s1. The highest BCUT2D eigenvalue weighted by molar-refractivity contribution is 6.26. The van der Waals surface area contributed by atoms with Crippen LogP contribution in [0.5, 0.6) is 0 Å². The Morgan fingerprint density at radius 1 is 1.04 bits per heavy atom. The minimum atomic E-state index is -2.26. The van der Waals surface area contributed by atoms with E-state index in [1.54, 1.807) is 13.8 Å². The third-order valence-electron chi connectivity index (χ3n) is 4.84. The predicted octanol–water partition coefficient (Wildman–Crippen LogP) is 3.40. The monoisotopic (exact) mass is 352 g/mol. The molecule has 0 aromatic heterocycles. The number of aliphatic hydroxyl groups is 2. The first kappa shape index (κ1) is 21.6. The van der Waals surface area contributed by atoms with Gasteiger partial charge in [-0.25, -0.2) is 0 Å². The summed E-state index contributed by atoms with van der Waals surface area (Å²) in [5.41, 5.74) is -2.65. The highest BCUT2D eigenvalue weighted by Crippen LogP contribution is 2.42. The van der Waals surface area contributed by atoms with Gasteiger partial charge in [-0.05, 0) is 24.7 Å². The van der Waals surface area contributed by atoms with Crippen LogP contribution in [-0.2, 0) is 14.4 Å². The van der Waals surface area contributed by atoms with Gasteiger partial charge in [-0.3, -0.25) is 14.4 Å². The van der Waals surface area contributed by atoms with Gasteiger partial charge in [-0.15, -0.1) is 0 Å². The first-order chi connectivity index (χ1) is 11.4. The van der Waals surface area contributed by atoms with Crippen molar-refractivity contribution in [3.8, 4) is 0 Å². The lowest BCUT2D eigenvalue weighted by Gasteiger charge is -2.28. The molecule has 0 saturated carbocycles. The van der Waals surface area contributed by atoms with E-state index in [-0.39, 0.29) is 30.3 Å². The quantitative estimate of drug-likeness (QED) is 0.621. The molecule has 0 aromatic carbocycles. The van der Waals surface area contributed by atoms with E-state index < -0.39 is 40.5 Å². The van der Waals surface area contributed by atoms with Crippen molar-refractivity contribution in [2.24, 2.45) is 23.7 Å². The molecule has 5 heteroatoms. The molecule has 0 aromatic rings. The lowest BCUT2D eigenvalue weighted by atomic mass is 9.79. The Morgan fingerprint density at radius 2 is 1.56 bits per heavy atom. The number of allylic oxidation sites excluding steroid dienone is 1. The second-order valence-corrected chi connectivity index (χ2v) is 8.25. The van der Waals surface area contributed by atoms with E-state index >= 15 is 0 Å². The Bertz CT molecular complexity index is 571. The molecule has 1 aliphatic rings. The van der Waals surface area contributed by atoms with Crippen LogP contribution in [0.15, 0.2) is 11.3 Å². The molecule has 1 aliphatic carbocycles. The van der Waals surface area contributed by atoms with Crippen LogP contribution >= 0.6 is 0 Å². The molecule has 2 N–H and O–H groups in total. The van der Waals surface area contributed by atoms with Gasteiger partial charge in [0.25, 0.3) is 0 Å². The van der Waals surface area contributed by atoms with Crippen molar-refractivity contribution in [2.75, 3.05) is 0 Å². The first-order valence-corrected chi connectivity index (χ1v) is 9.22. The van der Waals surface area contributed by atoms with Gasteiger partial charge in [-0.1, -0.05) is 48.0 Å². The Balaban J connectivity index is 3.30. The summed E-state index contributed by atoms with van der Waals surface area (Å²) >= 11 is 0. The fourth-order valence-electron chi connectivity index (χ4n) is 3.14. The Morgan fingerprint density at radius 3 is 2.00 bits per heavy atom. The largest absolute Gasteiger partial charge is 0.508 e. The van der Waals surface area contributed by atoms with Crippen molar-refractivity contribution in [2.45, 2.75) is 72.8 Å². The highest BCUT2D eigenvalue weighted by atomic mass is 16.3. The van der Waals surface area contributed by atoms with E-state index in [1.807, 2.05) is 27.7 Å². The number of rotatable bonds is 9. The highest BCUT2D eigenvalue weighted by Gasteiger charge is 2.58. The lowest BCUT2D eigenvalue weighted by Crippen LogP contribution is -2.47. The van der Waals surface area contributed by atoms with Crippen molar-refractivity contribution >= 4 is 17.3 Å². The molecule has 0 amide bonds. The van der Waals surface area contributed by atoms with Crippen LogP contribution in [0.4, 0.5) is 0 Å². The van der Waals surface area contributed by atoms with Crippen molar-refractivity contribution in [3.05, 3.63) is 11.3 Å². The van der Waals surface area contributed by atoms with Gasteiger partial charge in [0.2, 0.25) is 0 Å². The fourth-order valence-corrected chi connectivity index (χ4v) is 3.14. The number of aliphatic hydroxyl groups excluding tert-OH is 1. The molecular weight excluding hydrogens is 320 g/mol. The molecule has 0 bridgehead atoms.